The molecule has 0 atom stereocenters. The zero-order valence-corrected chi connectivity index (χ0v) is 6.20. The fourth-order valence-corrected chi connectivity index (χ4v) is 0.922. The fraction of sp³-hybridized carbons (Fsp3) is 0.111. The SMILES string of the molecule is C=c1c(F)ccc(F)/c1=C/C. The van der Waals surface area contributed by atoms with Gasteiger partial charge in [0.05, 0.1) is 0 Å². The van der Waals surface area contributed by atoms with Gasteiger partial charge in [0.1, 0.15) is 11.6 Å². The maximum atomic E-state index is 12.8. The lowest BCUT2D eigenvalue weighted by atomic mass is 10.2. The van der Waals surface area contributed by atoms with Gasteiger partial charge in [-0.1, -0.05) is 12.7 Å². The maximum absolute atomic E-state index is 12.8. The Hall–Kier alpha value is -1.18. The summed E-state index contributed by atoms with van der Waals surface area (Å²) in [5, 5.41) is 0.359. The molecule has 1 aromatic rings. The Balaban J connectivity index is 3.70. The highest BCUT2D eigenvalue weighted by Gasteiger charge is 1.96. The number of hydrogen-bond acceptors (Lipinski definition) is 0. The third-order valence-electron chi connectivity index (χ3n) is 1.54. The molecule has 0 bridgehead atoms. The summed E-state index contributed by atoms with van der Waals surface area (Å²) in [6.45, 7) is 5.05. The second kappa shape index (κ2) is 2.82. The highest BCUT2D eigenvalue weighted by molar-refractivity contribution is 5.26. The zero-order valence-electron chi connectivity index (χ0n) is 6.20. The van der Waals surface area contributed by atoms with Crippen molar-refractivity contribution in [2.24, 2.45) is 0 Å². The Morgan fingerprint density at radius 2 is 1.82 bits per heavy atom. The van der Waals surface area contributed by atoms with Gasteiger partial charge in [-0.3, -0.25) is 0 Å². The quantitative estimate of drug-likeness (QED) is 0.526. The lowest BCUT2D eigenvalue weighted by Gasteiger charge is -1.92. The molecule has 0 amide bonds. The van der Waals surface area contributed by atoms with Crippen LogP contribution in [0.5, 0.6) is 0 Å². The first-order valence-electron chi connectivity index (χ1n) is 3.26. The molecule has 0 radical (unpaired) electrons. The molecule has 0 N–H and O–H groups in total. The molecule has 1 aromatic carbocycles. The summed E-state index contributed by atoms with van der Waals surface area (Å²) in [5.74, 6) is -0.904. The Bertz CT molecular complexity index is 366. The monoisotopic (exact) mass is 154 g/mol. The van der Waals surface area contributed by atoms with Crippen molar-refractivity contribution in [3.63, 3.8) is 0 Å². The van der Waals surface area contributed by atoms with E-state index in [1.165, 1.54) is 6.08 Å². The largest absolute Gasteiger partial charge is 0.206 e. The summed E-state index contributed by atoms with van der Waals surface area (Å²) in [7, 11) is 0. The third kappa shape index (κ3) is 1.29. The van der Waals surface area contributed by atoms with Crippen LogP contribution in [0.15, 0.2) is 12.1 Å². The van der Waals surface area contributed by atoms with Gasteiger partial charge in [0, 0.05) is 10.4 Å². The highest BCUT2D eigenvalue weighted by Crippen LogP contribution is 1.88. The van der Waals surface area contributed by atoms with Crippen molar-refractivity contribution in [1.82, 2.24) is 0 Å². The van der Waals surface area contributed by atoms with Gasteiger partial charge in [0.25, 0.3) is 0 Å². The van der Waals surface area contributed by atoms with Gasteiger partial charge >= 0.3 is 0 Å². The second-order valence-electron chi connectivity index (χ2n) is 2.21. The van der Waals surface area contributed by atoms with E-state index in [4.69, 9.17) is 0 Å². The molecule has 1 rings (SSSR count). The van der Waals surface area contributed by atoms with Gasteiger partial charge < -0.3 is 0 Å². The van der Waals surface area contributed by atoms with Gasteiger partial charge in [-0.15, -0.1) is 0 Å². The van der Waals surface area contributed by atoms with Crippen molar-refractivity contribution in [2.75, 3.05) is 0 Å². The molecule has 0 unspecified atom stereocenters. The topological polar surface area (TPSA) is 0 Å². The average Bonchev–Trinajstić information content (AvgIpc) is 1.99. The minimum atomic E-state index is -0.473. The molecule has 0 aromatic heterocycles. The number of rotatable bonds is 0. The summed E-state index contributed by atoms with van der Waals surface area (Å²) in [6, 6.07) is 2.17. The van der Waals surface area contributed by atoms with Gasteiger partial charge in [-0.2, -0.15) is 0 Å². The van der Waals surface area contributed by atoms with Crippen molar-refractivity contribution >= 4 is 12.7 Å². The Morgan fingerprint density at radius 1 is 1.27 bits per heavy atom. The molecule has 0 saturated carbocycles. The van der Waals surface area contributed by atoms with Crippen LogP contribution in [0.4, 0.5) is 8.78 Å². The molecule has 2 heteroatoms. The molecule has 0 aliphatic rings. The fourth-order valence-electron chi connectivity index (χ4n) is 0.922. The van der Waals surface area contributed by atoms with E-state index in [9.17, 15) is 8.78 Å². The Kier molecular flexibility index (Phi) is 2.03. The van der Waals surface area contributed by atoms with E-state index in [2.05, 4.69) is 6.58 Å². The van der Waals surface area contributed by atoms with E-state index in [-0.39, 0.29) is 10.4 Å². The van der Waals surface area contributed by atoms with Gasteiger partial charge in [-0.25, -0.2) is 8.78 Å². The Labute approximate surface area is 63.5 Å². The molecule has 0 nitrogen and oxygen atoms in total. The van der Waals surface area contributed by atoms with E-state index in [0.717, 1.165) is 12.1 Å². The van der Waals surface area contributed by atoms with E-state index in [1.807, 2.05) is 0 Å². The predicted octanol–water partition coefficient (Wildman–Crippen LogP) is 1.18. The normalized spacial score (nSPS) is 12.1. The van der Waals surface area contributed by atoms with E-state index in [1.54, 1.807) is 6.92 Å². The van der Waals surface area contributed by atoms with Crippen LogP contribution in [0.25, 0.3) is 12.7 Å². The van der Waals surface area contributed by atoms with Gasteiger partial charge in [-0.05, 0) is 19.1 Å². The molecular weight excluding hydrogens is 146 g/mol. The lowest BCUT2D eigenvalue weighted by Crippen LogP contribution is -2.29. The van der Waals surface area contributed by atoms with Gasteiger partial charge in [0.15, 0.2) is 0 Å². The standard InChI is InChI=1S/C9H8F2/c1-3-7-6(2)8(10)4-5-9(7)11/h3-5H,2H2,1H3/b7-3+. The first-order chi connectivity index (χ1) is 5.16. The van der Waals surface area contributed by atoms with Crippen LogP contribution in [-0.2, 0) is 0 Å². The molecule has 11 heavy (non-hydrogen) atoms. The zero-order chi connectivity index (χ0) is 8.43. The predicted molar refractivity (Wildman–Crippen MR) is 41.3 cm³/mol. The lowest BCUT2D eigenvalue weighted by molar-refractivity contribution is 0.585. The van der Waals surface area contributed by atoms with Crippen molar-refractivity contribution in [2.45, 2.75) is 6.92 Å². The van der Waals surface area contributed by atoms with Crippen LogP contribution < -0.4 is 10.4 Å². The molecular formula is C9H8F2. The van der Waals surface area contributed by atoms with E-state index in [0.29, 0.717) is 0 Å². The molecule has 0 fully saturated rings. The molecule has 0 aliphatic heterocycles. The molecule has 0 saturated heterocycles. The van der Waals surface area contributed by atoms with Crippen LogP contribution in [0, 0.1) is 11.6 Å². The van der Waals surface area contributed by atoms with Crippen molar-refractivity contribution in [3.8, 4) is 0 Å². The van der Waals surface area contributed by atoms with Crippen LogP contribution in [0.3, 0.4) is 0 Å². The molecule has 0 spiro atoms. The smallest absolute Gasteiger partial charge is 0.130 e. The van der Waals surface area contributed by atoms with Crippen LogP contribution >= 0.6 is 0 Å². The maximum Gasteiger partial charge on any atom is 0.130 e. The second-order valence-corrected chi connectivity index (χ2v) is 2.21. The molecule has 0 aliphatic carbocycles. The van der Waals surface area contributed by atoms with Crippen LogP contribution in [0.1, 0.15) is 6.92 Å². The first-order valence-corrected chi connectivity index (χ1v) is 3.26. The minimum Gasteiger partial charge on any atom is -0.206 e. The summed E-state index contributed by atoms with van der Waals surface area (Å²) in [6.07, 6.45) is 1.50. The summed E-state index contributed by atoms with van der Waals surface area (Å²) in [4.78, 5) is 0. The molecule has 0 heterocycles. The van der Waals surface area contributed by atoms with Crippen LogP contribution in [0.2, 0.25) is 0 Å². The van der Waals surface area contributed by atoms with Crippen molar-refractivity contribution < 1.29 is 8.78 Å². The van der Waals surface area contributed by atoms with Crippen LogP contribution in [-0.4, -0.2) is 0 Å². The summed E-state index contributed by atoms with van der Waals surface area (Å²) < 4.78 is 25.5. The van der Waals surface area contributed by atoms with Crippen molar-refractivity contribution in [3.05, 3.63) is 34.2 Å². The minimum absolute atomic E-state index is 0.118. The number of halogens is 2. The van der Waals surface area contributed by atoms with Crippen molar-refractivity contribution in [1.29, 1.82) is 0 Å². The third-order valence-corrected chi connectivity index (χ3v) is 1.54. The Morgan fingerprint density at radius 3 is 2.27 bits per heavy atom. The number of hydrogen-bond donors (Lipinski definition) is 0. The number of benzene rings is 1. The molecule has 58 valence electrons. The highest BCUT2D eigenvalue weighted by atomic mass is 19.1. The van der Waals surface area contributed by atoms with Gasteiger partial charge in [0.2, 0.25) is 0 Å². The average molecular weight is 154 g/mol. The van der Waals surface area contributed by atoms with E-state index < -0.39 is 11.6 Å². The first kappa shape index (κ1) is 7.92. The summed E-state index contributed by atoms with van der Waals surface area (Å²) >= 11 is 0. The summed E-state index contributed by atoms with van der Waals surface area (Å²) in [5.41, 5.74) is 0. The van der Waals surface area contributed by atoms with E-state index >= 15 is 0 Å².